The van der Waals surface area contributed by atoms with E-state index in [1.165, 1.54) is 0 Å². The summed E-state index contributed by atoms with van der Waals surface area (Å²) in [6, 6.07) is 22.5. The lowest BCUT2D eigenvalue weighted by Gasteiger charge is -2.13. The van der Waals surface area contributed by atoms with Crippen molar-refractivity contribution in [2.75, 3.05) is 31.4 Å². The Morgan fingerprint density at radius 3 is 2.29 bits per heavy atom. The number of pyridine rings is 1. The molecule has 4 aromatic rings. The first kappa shape index (κ1) is 20.2. The number of Topliss-reactive ketones (excluding diaryl/α,β-unsaturated/α-hetero) is 1. The maximum absolute atomic E-state index is 13.3. The van der Waals surface area contributed by atoms with Gasteiger partial charge in [0.05, 0.1) is 13.3 Å². The number of ether oxygens (including phenoxy) is 1. The van der Waals surface area contributed by atoms with Gasteiger partial charge in [0.2, 0.25) is 0 Å². The van der Waals surface area contributed by atoms with Crippen LogP contribution < -0.4 is 15.0 Å². The highest BCUT2D eigenvalue weighted by Crippen LogP contribution is 2.30. The zero-order chi connectivity index (χ0) is 22.0. The van der Waals surface area contributed by atoms with Crippen molar-refractivity contribution in [3.63, 3.8) is 0 Å². The van der Waals surface area contributed by atoms with E-state index in [9.17, 15) is 9.59 Å². The van der Waals surface area contributed by atoms with Crippen molar-refractivity contribution < 1.29 is 14.3 Å². The largest absolute Gasteiger partial charge is 0.495 e. The van der Waals surface area contributed by atoms with Crippen molar-refractivity contribution in [1.29, 1.82) is 0 Å². The van der Waals surface area contributed by atoms with Gasteiger partial charge in [-0.05, 0) is 48.0 Å². The molecule has 0 spiro atoms. The molecule has 0 saturated carbocycles. The number of benzene rings is 2. The first-order valence-electron chi connectivity index (χ1n) is 9.85. The number of fused-ring (bicyclic) bond motifs is 1. The number of amides is 1. The van der Waals surface area contributed by atoms with Gasteiger partial charge >= 0.3 is 0 Å². The van der Waals surface area contributed by atoms with Crippen LogP contribution in [0.3, 0.4) is 0 Å². The van der Waals surface area contributed by atoms with Crippen molar-refractivity contribution in [2.24, 2.45) is 0 Å². The average Bonchev–Trinajstić information content (AvgIpc) is 3.18. The van der Waals surface area contributed by atoms with Gasteiger partial charge in [-0.25, -0.2) is 0 Å². The molecule has 2 aromatic heterocycles. The molecule has 4 rings (SSSR count). The van der Waals surface area contributed by atoms with Crippen molar-refractivity contribution >= 4 is 28.6 Å². The highest BCUT2D eigenvalue weighted by molar-refractivity contribution is 6.47. The van der Waals surface area contributed by atoms with E-state index in [1.807, 2.05) is 79.7 Å². The quantitative estimate of drug-likeness (QED) is 0.373. The second-order valence-electron chi connectivity index (χ2n) is 7.36. The Bertz CT molecular complexity index is 1240. The molecule has 6 heteroatoms. The standard InChI is InChI=1S/C25H23N3O3/c1-27(2)19-11-9-18(10-12-19)26-25(30)24(29)23-22(17-7-5-4-6-8-17)15-20-13-14-21(31-3)16-28(20)23/h4-16H,1-3H3,(H,26,30). The van der Waals surface area contributed by atoms with Crippen molar-refractivity contribution in [1.82, 2.24) is 4.40 Å². The number of rotatable bonds is 6. The fourth-order valence-electron chi connectivity index (χ4n) is 3.48. The van der Waals surface area contributed by atoms with Gasteiger partial charge in [0.25, 0.3) is 11.7 Å². The summed E-state index contributed by atoms with van der Waals surface area (Å²) in [7, 11) is 5.44. The Morgan fingerprint density at radius 1 is 0.935 bits per heavy atom. The second kappa shape index (κ2) is 8.36. The second-order valence-corrected chi connectivity index (χ2v) is 7.36. The Balaban J connectivity index is 1.74. The molecule has 31 heavy (non-hydrogen) atoms. The number of nitrogens with one attached hydrogen (secondary N) is 1. The van der Waals surface area contributed by atoms with Gasteiger partial charge in [0, 0.05) is 36.6 Å². The fourth-order valence-corrected chi connectivity index (χ4v) is 3.48. The third-order valence-electron chi connectivity index (χ3n) is 5.12. The van der Waals surface area contributed by atoms with Crippen LogP contribution in [0.1, 0.15) is 10.5 Å². The smallest absolute Gasteiger partial charge is 0.298 e. The maximum Gasteiger partial charge on any atom is 0.298 e. The molecule has 0 unspecified atom stereocenters. The zero-order valence-corrected chi connectivity index (χ0v) is 17.6. The summed E-state index contributed by atoms with van der Waals surface area (Å²) in [5.74, 6) is -0.724. The monoisotopic (exact) mass is 413 g/mol. The normalized spacial score (nSPS) is 10.7. The molecular formula is C25H23N3O3. The van der Waals surface area contributed by atoms with Crippen molar-refractivity contribution in [3.05, 3.63) is 84.7 Å². The van der Waals surface area contributed by atoms with E-state index in [1.54, 1.807) is 29.8 Å². The number of nitrogens with zero attached hydrogens (tertiary/aromatic N) is 2. The topological polar surface area (TPSA) is 63.1 Å². The summed E-state index contributed by atoms with van der Waals surface area (Å²) in [4.78, 5) is 28.2. The van der Waals surface area contributed by atoms with E-state index in [4.69, 9.17) is 4.74 Å². The first-order valence-corrected chi connectivity index (χ1v) is 9.85. The summed E-state index contributed by atoms with van der Waals surface area (Å²) in [5, 5.41) is 2.72. The van der Waals surface area contributed by atoms with E-state index in [0.717, 1.165) is 16.8 Å². The van der Waals surface area contributed by atoms with Crippen LogP contribution in [-0.4, -0.2) is 37.3 Å². The number of carbonyl (C=O) groups excluding carboxylic acids is 2. The number of aromatic nitrogens is 1. The van der Waals surface area contributed by atoms with E-state index in [0.29, 0.717) is 22.7 Å². The Labute approximate surface area is 180 Å². The van der Waals surface area contributed by atoms with Crippen LogP contribution in [0, 0.1) is 0 Å². The van der Waals surface area contributed by atoms with Gasteiger partial charge in [-0.15, -0.1) is 0 Å². The van der Waals surface area contributed by atoms with Crippen molar-refractivity contribution in [3.8, 4) is 16.9 Å². The number of methoxy groups -OCH3 is 1. The summed E-state index contributed by atoms with van der Waals surface area (Å²) < 4.78 is 7.03. The molecule has 1 N–H and O–H groups in total. The lowest BCUT2D eigenvalue weighted by Crippen LogP contribution is -2.24. The highest BCUT2D eigenvalue weighted by atomic mass is 16.5. The van der Waals surface area contributed by atoms with E-state index >= 15 is 0 Å². The van der Waals surface area contributed by atoms with Gasteiger partial charge in [-0.3, -0.25) is 9.59 Å². The summed E-state index contributed by atoms with van der Waals surface area (Å²) in [6.07, 6.45) is 1.72. The molecule has 0 bridgehead atoms. The molecule has 0 aliphatic rings. The average molecular weight is 413 g/mol. The number of hydrogen-bond acceptors (Lipinski definition) is 4. The molecule has 2 heterocycles. The number of ketones is 1. The Kier molecular flexibility index (Phi) is 5.45. The van der Waals surface area contributed by atoms with Gasteiger partial charge in [-0.1, -0.05) is 30.3 Å². The van der Waals surface area contributed by atoms with Gasteiger partial charge in [0.1, 0.15) is 11.4 Å². The molecule has 0 aliphatic heterocycles. The molecule has 0 atom stereocenters. The molecule has 6 nitrogen and oxygen atoms in total. The molecule has 156 valence electrons. The van der Waals surface area contributed by atoms with Gasteiger partial charge in [-0.2, -0.15) is 0 Å². The molecule has 0 fully saturated rings. The predicted molar refractivity (Wildman–Crippen MR) is 123 cm³/mol. The molecular weight excluding hydrogens is 390 g/mol. The highest BCUT2D eigenvalue weighted by Gasteiger charge is 2.25. The minimum atomic E-state index is -0.697. The summed E-state index contributed by atoms with van der Waals surface area (Å²) in [6.45, 7) is 0. The van der Waals surface area contributed by atoms with Gasteiger partial charge < -0.3 is 19.4 Å². The van der Waals surface area contributed by atoms with Crippen LogP contribution in [0.2, 0.25) is 0 Å². The SMILES string of the molecule is COc1ccc2cc(-c3ccccc3)c(C(=O)C(=O)Nc3ccc(N(C)C)cc3)n2c1. The molecule has 1 amide bonds. The minimum Gasteiger partial charge on any atom is -0.495 e. The molecule has 0 radical (unpaired) electrons. The lowest BCUT2D eigenvalue weighted by atomic mass is 10.0. The maximum atomic E-state index is 13.3. The van der Waals surface area contributed by atoms with E-state index < -0.39 is 11.7 Å². The van der Waals surface area contributed by atoms with Crippen LogP contribution in [0.5, 0.6) is 5.75 Å². The zero-order valence-electron chi connectivity index (χ0n) is 17.6. The van der Waals surface area contributed by atoms with Crippen LogP contribution in [-0.2, 0) is 4.79 Å². The minimum absolute atomic E-state index is 0.294. The molecule has 0 aliphatic carbocycles. The van der Waals surface area contributed by atoms with Crippen LogP contribution in [0.25, 0.3) is 16.6 Å². The summed E-state index contributed by atoms with van der Waals surface area (Å²) >= 11 is 0. The predicted octanol–water partition coefficient (Wildman–Crippen LogP) is 4.50. The first-order chi connectivity index (χ1) is 15.0. The van der Waals surface area contributed by atoms with Gasteiger partial charge in [0.15, 0.2) is 0 Å². The van der Waals surface area contributed by atoms with E-state index in [-0.39, 0.29) is 0 Å². The Hall–Kier alpha value is -4.06. The number of hydrogen-bond donors (Lipinski definition) is 1. The number of carbonyl (C=O) groups is 2. The summed E-state index contributed by atoms with van der Waals surface area (Å²) in [5.41, 5.74) is 4.20. The van der Waals surface area contributed by atoms with Crippen LogP contribution >= 0.6 is 0 Å². The lowest BCUT2D eigenvalue weighted by molar-refractivity contribution is -0.112. The fraction of sp³-hybridized carbons (Fsp3) is 0.120. The van der Waals surface area contributed by atoms with Crippen molar-refractivity contribution in [2.45, 2.75) is 0 Å². The Morgan fingerprint density at radius 2 is 1.65 bits per heavy atom. The third kappa shape index (κ3) is 4.00. The molecule has 0 saturated heterocycles. The molecule has 2 aromatic carbocycles. The van der Waals surface area contributed by atoms with Crippen LogP contribution in [0.15, 0.2) is 79.0 Å². The third-order valence-corrected chi connectivity index (χ3v) is 5.12. The number of anilines is 2. The van der Waals surface area contributed by atoms with Crippen LogP contribution in [0.4, 0.5) is 11.4 Å². The van der Waals surface area contributed by atoms with E-state index in [2.05, 4.69) is 5.32 Å².